The van der Waals surface area contributed by atoms with Crippen LogP contribution in [0.15, 0.2) is 12.4 Å². The van der Waals surface area contributed by atoms with Crippen LogP contribution in [-0.2, 0) is 13.5 Å². The van der Waals surface area contributed by atoms with E-state index in [1.807, 2.05) is 24.9 Å². The fraction of sp³-hybridized carbons (Fsp3) is 0.769. The molecule has 4 heteroatoms. The molecule has 0 aromatic carbocycles. The molecule has 0 saturated carbocycles. The Morgan fingerprint density at radius 1 is 1.47 bits per heavy atom. The summed E-state index contributed by atoms with van der Waals surface area (Å²) in [6.45, 7) is 5.26. The van der Waals surface area contributed by atoms with Crippen LogP contribution in [0, 0.1) is 5.92 Å². The highest BCUT2D eigenvalue weighted by molar-refractivity contribution is 5.04. The summed E-state index contributed by atoms with van der Waals surface area (Å²) in [6, 6.07) is 0. The van der Waals surface area contributed by atoms with E-state index in [1.54, 1.807) is 0 Å². The van der Waals surface area contributed by atoms with E-state index in [-0.39, 0.29) is 6.10 Å². The van der Waals surface area contributed by atoms with Crippen molar-refractivity contribution in [2.45, 2.75) is 32.3 Å². The van der Waals surface area contributed by atoms with E-state index in [0.717, 1.165) is 38.9 Å². The first-order chi connectivity index (χ1) is 8.15. The van der Waals surface area contributed by atoms with Gasteiger partial charge in [0.05, 0.1) is 12.3 Å². The SMILES string of the molecule is CC(O)C1CCN(CCc2cnn(C)c2)CC1. The highest BCUT2D eigenvalue weighted by Gasteiger charge is 2.22. The summed E-state index contributed by atoms with van der Waals surface area (Å²) in [4.78, 5) is 2.49. The predicted molar refractivity (Wildman–Crippen MR) is 67.8 cm³/mol. The van der Waals surface area contributed by atoms with Crippen LogP contribution in [0.1, 0.15) is 25.3 Å². The summed E-state index contributed by atoms with van der Waals surface area (Å²) in [6.07, 6.45) is 7.23. The summed E-state index contributed by atoms with van der Waals surface area (Å²) in [5.41, 5.74) is 1.31. The van der Waals surface area contributed by atoms with Gasteiger partial charge >= 0.3 is 0 Å². The van der Waals surface area contributed by atoms with Gasteiger partial charge in [0.25, 0.3) is 0 Å². The fourth-order valence-corrected chi connectivity index (χ4v) is 2.55. The zero-order chi connectivity index (χ0) is 12.3. The Hall–Kier alpha value is -0.870. The lowest BCUT2D eigenvalue weighted by Gasteiger charge is -2.33. The molecule has 0 spiro atoms. The monoisotopic (exact) mass is 237 g/mol. The molecular weight excluding hydrogens is 214 g/mol. The van der Waals surface area contributed by atoms with Gasteiger partial charge < -0.3 is 10.0 Å². The summed E-state index contributed by atoms with van der Waals surface area (Å²) in [5, 5.41) is 13.7. The maximum absolute atomic E-state index is 9.54. The Morgan fingerprint density at radius 3 is 2.71 bits per heavy atom. The van der Waals surface area contributed by atoms with Gasteiger partial charge in [-0.25, -0.2) is 0 Å². The molecule has 1 atom stereocenters. The molecule has 1 aromatic rings. The van der Waals surface area contributed by atoms with E-state index in [1.165, 1.54) is 5.56 Å². The Bertz CT molecular complexity index is 340. The molecular formula is C13H23N3O. The van der Waals surface area contributed by atoms with Crippen LogP contribution in [0.5, 0.6) is 0 Å². The largest absolute Gasteiger partial charge is 0.393 e. The molecule has 17 heavy (non-hydrogen) atoms. The van der Waals surface area contributed by atoms with Gasteiger partial charge in [-0.3, -0.25) is 4.68 Å². The first-order valence-corrected chi connectivity index (χ1v) is 6.53. The van der Waals surface area contributed by atoms with Crippen LogP contribution < -0.4 is 0 Å². The summed E-state index contributed by atoms with van der Waals surface area (Å²) >= 11 is 0. The molecule has 0 amide bonds. The van der Waals surface area contributed by atoms with Crippen LogP contribution in [0.4, 0.5) is 0 Å². The zero-order valence-electron chi connectivity index (χ0n) is 10.8. The maximum atomic E-state index is 9.54. The van der Waals surface area contributed by atoms with Crippen molar-refractivity contribution < 1.29 is 5.11 Å². The van der Waals surface area contributed by atoms with Crippen molar-refractivity contribution in [2.75, 3.05) is 19.6 Å². The molecule has 1 aliphatic rings. The quantitative estimate of drug-likeness (QED) is 0.851. The first-order valence-electron chi connectivity index (χ1n) is 6.53. The summed E-state index contributed by atoms with van der Waals surface area (Å²) in [7, 11) is 1.96. The fourth-order valence-electron chi connectivity index (χ4n) is 2.55. The Labute approximate surface area is 103 Å². The minimum absolute atomic E-state index is 0.143. The van der Waals surface area contributed by atoms with Crippen LogP contribution in [0.2, 0.25) is 0 Å². The van der Waals surface area contributed by atoms with Gasteiger partial charge in [-0.15, -0.1) is 0 Å². The first kappa shape index (κ1) is 12.6. The number of aliphatic hydroxyl groups is 1. The number of hydrogen-bond donors (Lipinski definition) is 1. The lowest BCUT2D eigenvalue weighted by Crippen LogP contribution is -2.38. The molecule has 1 aromatic heterocycles. The van der Waals surface area contributed by atoms with Gasteiger partial charge in [-0.1, -0.05) is 0 Å². The number of aryl methyl sites for hydroxylation is 1. The average molecular weight is 237 g/mol. The third-order valence-electron chi connectivity index (χ3n) is 3.79. The van der Waals surface area contributed by atoms with E-state index >= 15 is 0 Å². The molecule has 1 fully saturated rings. The van der Waals surface area contributed by atoms with Gasteiger partial charge in [-0.2, -0.15) is 5.10 Å². The lowest BCUT2D eigenvalue weighted by molar-refractivity contribution is 0.0723. The number of likely N-dealkylation sites (tertiary alicyclic amines) is 1. The topological polar surface area (TPSA) is 41.3 Å². The van der Waals surface area contributed by atoms with Crippen LogP contribution in [0.3, 0.4) is 0 Å². The number of rotatable bonds is 4. The van der Waals surface area contributed by atoms with E-state index in [0.29, 0.717) is 5.92 Å². The second-order valence-electron chi connectivity index (χ2n) is 5.19. The Kier molecular flexibility index (Phi) is 4.18. The predicted octanol–water partition coefficient (Wildman–Crippen LogP) is 1.06. The third-order valence-corrected chi connectivity index (χ3v) is 3.79. The number of aliphatic hydroxyl groups excluding tert-OH is 1. The van der Waals surface area contributed by atoms with Crippen molar-refractivity contribution >= 4 is 0 Å². The van der Waals surface area contributed by atoms with Crippen molar-refractivity contribution in [3.05, 3.63) is 18.0 Å². The number of nitrogens with zero attached hydrogens (tertiary/aromatic N) is 3. The van der Waals surface area contributed by atoms with E-state index in [9.17, 15) is 5.11 Å². The summed E-state index contributed by atoms with van der Waals surface area (Å²) in [5.74, 6) is 0.504. The van der Waals surface area contributed by atoms with Crippen LogP contribution >= 0.6 is 0 Å². The van der Waals surface area contributed by atoms with Crippen molar-refractivity contribution in [3.8, 4) is 0 Å². The maximum Gasteiger partial charge on any atom is 0.0541 e. The molecule has 2 rings (SSSR count). The van der Waals surface area contributed by atoms with Crippen molar-refractivity contribution in [2.24, 2.45) is 13.0 Å². The second-order valence-corrected chi connectivity index (χ2v) is 5.19. The normalized spacial score (nSPS) is 20.6. The lowest BCUT2D eigenvalue weighted by atomic mass is 9.92. The summed E-state index contributed by atoms with van der Waals surface area (Å²) < 4.78 is 1.86. The molecule has 0 radical (unpaired) electrons. The van der Waals surface area contributed by atoms with Crippen molar-refractivity contribution in [3.63, 3.8) is 0 Å². The van der Waals surface area contributed by atoms with Gasteiger partial charge in [0.15, 0.2) is 0 Å². The number of piperidine rings is 1. The van der Waals surface area contributed by atoms with Gasteiger partial charge in [0.1, 0.15) is 0 Å². The van der Waals surface area contributed by atoms with E-state index in [4.69, 9.17) is 0 Å². The standard InChI is InChI=1S/C13H23N3O/c1-11(17)13-4-7-16(8-5-13)6-3-12-9-14-15(2)10-12/h9-11,13,17H,3-8H2,1-2H3. The zero-order valence-corrected chi connectivity index (χ0v) is 10.8. The average Bonchev–Trinajstić information content (AvgIpc) is 2.73. The molecule has 2 heterocycles. The number of hydrogen-bond acceptors (Lipinski definition) is 3. The molecule has 96 valence electrons. The Balaban J connectivity index is 1.71. The smallest absolute Gasteiger partial charge is 0.0541 e. The van der Waals surface area contributed by atoms with Crippen molar-refractivity contribution in [1.29, 1.82) is 0 Å². The third kappa shape index (κ3) is 3.54. The molecule has 4 nitrogen and oxygen atoms in total. The molecule has 0 bridgehead atoms. The van der Waals surface area contributed by atoms with Crippen LogP contribution in [-0.4, -0.2) is 45.5 Å². The van der Waals surface area contributed by atoms with E-state index in [2.05, 4.69) is 16.2 Å². The molecule has 1 aliphatic heterocycles. The number of aromatic nitrogens is 2. The van der Waals surface area contributed by atoms with Crippen LogP contribution in [0.25, 0.3) is 0 Å². The van der Waals surface area contributed by atoms with Crippen molar-refractivity contribution in [1.82, 2.24) is 14.7 Å². The van der Waals surface area contributed by atoms with Gasteiger partial charge in [0.2, 0.25) is 0 Å². The molecule has 1 unspecified atom stereocenters. The minimum Gasteiger partial charge on any atom is -0.393 e. The molecule has 1 saturated heterocycles. The Morgan fingerprint density at radius 2 is 2.18 bits per heavy atom. The van der Waals surface area contributed by atoms with Gasteiger partial charge in [0, 0.05) is 19.8 Å². The molecule has 1 N–H and O–H groups in total. The highest BCUT2D eigenvalue weighted by Crippen LogP contribution is 2.20. The van der Waals surface area contributed by atoms with E-state index < -0.39 is 0 Å². The second kappa shape index (κ2) is 5.65. The highest BCUT2D eigenvalue weighted by atomic mass is 16.3. The molecule has 0 aliphatic carbocycles. The van der Waals surface area contributed by atoms with Gasteiger partial charge in [-0.05, 0) is 50.8 Å². The minimum atomic E-state index is -0.143.